The van der Waals surface area contributed by atoms with Gasteiger partial charge in [-0.05, 0) is 298 Å². The van der Waals surface area contributed by atoms with E-state index in [2.05, 4.69) is 209 Å². The second-order valence-corrected chi connectivity index (χ2v) is 34.7. The van der Waals surface area contributed by atoms with Gasteiger partial charge in [0.25, 0.3) is 11.8 Å². The third-order valence-corrected chi connectivity index (χ3v) is 20.2. The van der Waals surface area contributed by atoms with Crippen LogP contribution in [0.4, 0.5) is 43.9 Å². The van der Waals surface area contributed by atoms with Crippen LogP contribution in [-0.2, 0) is 11.8 Å². The molecule has 2 saturated carbocycles. The molecule has 0 bridgehead atoms. The summed E-state index contributed by atoms with van der Waals surface area (Å²) in [6.07, 6.45) is 9.62. The van der Waals surface area contributed by atoms with E-state index in [-0.39, 0.29) is 40.6 Å². The summed E-state index contributed by atoms with van der Waals surface area (Å²) >= 11 is 0. The third kappa shape index (κ3) is 46.4. The van der Waals surface area contributed by atoms with Crippen LogP contribution in [0.1, 0.15) is 262 Å². The lowest BCUT2D eigenvalue weighted by Crippen LogP contribution is -2.10. The summed E-state index contributed by atoms with van der Waals surface area (Å²) in [5.74, 6) is -4.57. The molecule has 2 aromatic heterocycles. The highest BCUT2D eigenvalue weighted by Gasteiger charge is 2.29. The van der Waals surface area contributed by atoms with Gasteiger partial charge in [-0.25, -0.2) is 43.9 Å². The van der Waals surface area contributed by atoms with Crippen molar-refractivity contribution in [1.82, 2.24) is 9.97 Å². The SMILES string of the molecule is Cc1ccc(F)c(C(C)(F)F)c1.Cc1ccc(F)c(C(C)C)c1.Cc1ccc(F)c(C)c1.Cc1ccc(F)c(C)c1.Cc1ccc(F)c(C2CC2)c1.Cc1ccc(F)c(C2CCC2)c1.Cc1cccc(C(C)(F)F)c1.Cc1cccc(C(C)C)c1.Cc1cccc(C)c1.Cc1cccc(C)c1.Cc1cccc(C)c1.Cc1ccnc(C(C)C)c1.Cc1ccnc(C)c1. The van der Waals surface area contributed by atoms with Gasteiger partial charge >= 0.3 is 0 Å². The lowest BCUT2D eigenvalue weighted by atomic mass is 9.79. The fourth-order valence-corrected chi connectivity index (χ4v) is 12.7. The lowest BCUT2D eigenvalue weighted by Gasteiger charge is -2.26. The minimum atomic E-state index is -3.10. The van der Waals surface area contributed by atoms with E-state index in [1.807, 2.05) is 122 Å². The van der Waals surface area contributed by atoms with Crippen molar-refractivity contribution in [3.63, 3.8) is 0 Å². The number of pyridine rings is 2. The van der Waals surface area contributed by atoms with Crippen molar-refractivity contribution in [3.05, 3.63) is 447 Å². The number of halogens is 10. The Bertz CT molecular complexity index is 5000. The van der Waals surface area contributed by atoms with E-state index in [4.69, 9.17) is 0 Å². The standard InChI is InChI=1S/C11H13F.C10H11F.C10H13F.C10H14.C9H9F3.C9H10F2.C9H13N.2C8H9F.3C8H10.C7H9N/c1-8-5-6-11(12)10(7-8)9-3-2-4-9;1-7-2-5-10(11)9(6-7)8-3-4-8;1-7(2)9-6-8(3)4-5-10(9)11;1-8(2)10-6-4-5-9(3)7-10;1-6-3-4-8(10)7(5-6)9(2,11)12;1-7-4-3-5-8(6-7)9(2,10)11;1-7(2)9-6-8(3)4-5-10-9;2*1-6-3-4-8(9)7(2)5-6;3*1-7-4-3-5-8(2)6-7;1-6-3-4-8-7(2)5-6/h5-7,9H,2-4H2,1H3;2,5-6,8H,3-4H2,1H3;4-7H,1-3H3;4-8H,1-3H3;3-5H,1-2H3;3-6H,1-2H3;4-7H,1-3H3;2*3-5H,1-2H3;3*3-6H,1-2H3;3-5H,1-2H3. The van der Waals surface area contributed by atoms with Crippen molar-refractivity contribution in [2.75, 3.05) is 0 Å². The van der Waals surface area contributed by atoms with Crippen molar-refractivity contribution in [3.8, 4) is 0 Å². The minimum Gasteiger partial charge on any atom is -0.262 e. The van der Waals surface area contributed by atoms with Gasteiger partial charge in [-0.2, -0.15) is 0 Å². The van der Waals surface area contributed by atoms with Crippen LogP contribution in [0.15, 0.2) is 267 Å². The number of aromatic nitrogens is 2. The molecule has 127 heavy (non-hydrogen) atoms. The van der Waals surface area contributed by atoms with Gasteiger partial charge in [0.2, 0.25) is 0 Å². The van der Waals surface area contributed by atoms with Crippen LogP contribution in [0.5, 0.6) is 0 Å². The summed E-state index contributed by atoms with van der Waals surface area (Å²) < 4.78 is 128. The number of aryl methyl sites for hydroxylation is 19. The smallest absolute Gasteiger partial charge is 0.262 e. The second kappa shape index (κ2) is 56.3. The fraction of sp³-hybridized carbons (Fsp3) is 0.339. The van der Waals surface area contributed by atoms with Crippen LogP contribution in [0.25, 0.3) is 0 Å². The molecular formula is C115H140F10N2. The number of hydrogen-bond acceptors (Lipinski definition) is 2. The molecule has 0 spiro atoms. The van der Waals surface area contributed by atoms with E-state index in [0.29, 0.717) is 36.2 Å². The van der Waals surface area contributed by atoms with Crippen LogP contribution in [0.3, 0.4) is 0 Å². The highest BCUT2D eigenvalue weighted by Crippen LogP contribution is 2.42. The quantitative estimate of drug-likeness (QED) is 0.149. The molecule has 13 aromatic rings. The molecule has 0 atom stereocenters. The first kappa shape index (κ1) is 110. The topological polar surface area (TPSA) is 25.8 Å². The Labute approximate surface area is 757 Å². The van der Waals surface area contributed by atoms with E-state index < -0.39 is 23.2 Å². The van der Waals surface area contributed by atoms with Crippen LogP contribution >= 0.6 is 0 Å². The Hall–Kier alpha value is -11.0. The van der Waals surface area contributed by atoms with Crippen molar-refractivity contribution >= 4 is 0 Å². The first-order chi connectivity index (χ1) is 59.5. The van der Waals surface area contributed by atoms with Crippen molar-refractivity contribution in [2.24, 2.45) is 0 Å². The minimum absolute atomic E-state index is 0.0229. The van der Waals surface area contributed by atoms with Crippen LogP contribution in [0.2, 0.25) is 0 Å². The number of alkyl halides is 4. The lowest BCUT2D eigenvalue weighted by molar-refractivity contribution is 0.0135. The molecule has 0 amide bonds. The molecule has 2 aliphatic rings. The first-order valence-corrected chi connectivity index (χ1v) is 43.8. The second-order valence-electron chi connectivity index (χ2n) is 34.7. The maximum absolute atomic E-state index is 13.2. The molecule has 0 unspecified atom stereocenters. The van der Waals surface area contributed by atoms with Gasteiger partial charge in [0, 0.05) is 43.2 Å². The molecule has 2 nitrogen and oxygen atoms in total. The normalized spacial score (nSPS) is 11.5. The Morgan fingerprint density at radius 3 is 0.850 bits per heavy atom. The molecule has 2 aliphatic carbocycles. The first-order valence-electron chi connectivity index (χ1n) is 43.8. The van der Waals surface area contributed by atoms with E-state index >= 15 is 0 Å². The molecule has 0 aliphatic heterocycles. The summed E-state index contributed by atoms with van der Waals surface area (Å²) in [5, 5.41) is 0. The molecule has 2 heterocycles. The van der Waals surface area contributed by atoms with Gasteiger partial charge in [-0.1, -0.05) is 314 Å². The predicted octanol–water partition coefficient (Wildman–Crippen LogP) is 35.1. The molecule has 15 rings (SSSR count). The van der Waals surface area contributed by atoms with Crippen LogP contribution < -0.4 is 0 Å². The molecule has 0 N–H and O–H groups in total. The summed E-state index contributed by atoms with van der Waals surface area (Å²) in [6.45, 7) is 52.1. The van der Waals surface area contributed by atoms with E-state index in [9.17, 15) is 43.9 Å². The molecule has 11 aromatic carbocycles. The zero-order valence-electron chi connectivity index (χ0n) is 80.5. The zero-order valence-corrected chi connectivity index (χ0v) is 80.5. The molecule has 680 valence electrons. The summed E-state index contributed by atoms with van der Waals surface area (Å²) in [4.78, 5) is 8.28. The van der Waals surface area contributed by atoms with Crippen LogP contribution in [-0.4, -0.2) is 9.97 Å². The van der Waals surface area contributed by atoms with Gasteiger partial charge < -0.3 is 0 Å². The maximum atomic E-state index is 13.2. The predicted molar refractivity (Wildman–Crippen MR) is 519 cm³/mol. The largest absolute Gasteiger partial charge is 0.273 e. The van der Waals surface area contributed by atoms with Gasteiger partial charge in [0.05, 0.1) is 5.56 Å². The molecular weight excluding hydrogens is 1600 g/mol. The Kier molecular flexibility index (Phi) is 48.8. The summed E-state index contributed by atoms with van der Waals surface area (Å²) in [6, 6.07) is 78.4. The van der Waals surface area contributed by atoms with Crippen molar-refractivity contribution in [2.45, 2.75) is 260 Å². The monoisotopic (exact) mass is 1740 g/mol. The Balaban J connectivity index is 0.000000356. The highest BCUT2D eigenvalue weighted by molar-refractivity contribution is 5.34. The van der Waals surface area contributed by atoms with Crippen molar-refractivity contribution < 1.29 is 43.9 Å². The average molecular weight is 1740 g/mol. The zero-order chi connectivity index (χ0) is 95.4. The molecule has 12 heteroatoms. The average Bonchev–Trinajstić information content (AvgIpc) is 1.82. The van der Waals surface area contributed by atoms with Gasteiger partial charge in [0.15, 0.2) is 0 Å². The van der Waals surface area contributed by atoms with E-state index in [1.54, 1.807) is 70.2 Å². The summed E-state index contributed by atoms with van der Waals surface area (Å²) in [5.41, 5.74) is 26.4. The molecule has 2 fully saturated rings. The van der Waals surface area contributed by atoms with Crippen molar-refractivity contribution in [1.29, 1.82) is 0 Å². The molecule has 0 radical (unpaired) electrons. The highest BCUT2D eigenvalue weighted by atomic mass is 19.3. The van der Waals surface area contributed by atoms with Gasteiger partial charge in [0.1, 0.15) is 34.9 Å². The van der Waals surface area contributed by atoms with E-state index in [0.717, 1.165) is 80.4 Å². The number of rotatable bonds is 7. The third-order valence-electron chi connectivity index (χ3n) is 20.2. The van der Waals surface area contributed by atoms with Gasteiger partial charge in [-0.3, -0.25) is 9.97 Å². The van der Waals surface area contributed by atoms with E-state index in [1.165, 1.54) is 135 Å². The number of nitrogens with zero attached hydrogens (tertiary/aromatic N) is 2. The Morgan fingerprint density at radius 1 is 0.268 bits per heavy atom. The number of benzene rings is 11. The Morgan fingerprint density at radius 2 is 0.591 bits per heavy atom. The maximum Gasteiger partial charge on any atom is 0.273 e. The van der Waals surface area contributed by atoms with Crippen LogP contribution in [0, 0.1) is 166 Å². The number of hydrogen-bond donors (Lipinski definition) is 0. The summed E-state index contributed by atoms with van der Waals surface area (Å²) in [7, 11) is 0. The fourth-order valence-electron chi connectivity index (χ4n) is 12.7. The molecule has 0 saturated heterocycles. The van der Waals surface area contributed by atoms with Gasteiger partial charge in [-0.15, -0.1) is 0 Å².